The monoisotopic (exact) mass is 420 g/mol. The molecule has 1 aliphatic heterocycles. The topological polar surface area (TPSA) is 84.0 Å². The van der Waals surface area contributed by atoms with Gasteiger partial charge >= 0.3 is 5.97 Å². The number of carbonyl (C=O) groups is 2. The van der Waals surface area contributed by atoms with E-state index >= 15 is 0 Å². The molecule has 2 aromatic carbocycles. The maximum absolute atomic E-state index is 13.7. The lowest BCUT2D eigenvalue weighted by Gasteiger charge is -2.35. The van der Waals surface area contributed by atoms with Crippen LogP contribution in [0.2, 0.25) is 0 Å². The van der Waals surface area contributed by atoms with E-state index in [0.29, 0.717) is 0 Å². The van der Waals surface area contributed by atoms with Gasteiger partial charge in [-0.2, -0.15) is 4.31 Å². The molecule has 1 atom stereocenters. The Morgan fingerprint density at radius 3 is 2.17 bits per heavy atom. The lowest BCUT2D eigenvalue weighted by Crippen LogP contribution is -2.52. The van der Waals surface area contributed by atoms with Gasteiger partial charge in [0.05, 0.1) is 10.5 Å². The van der Waals surface area contributed by atoms with Crippen molar-refractivity contribution in [2.75, 3.05) is 26.2 Å². The number of benzene rings is 2. The van der Waals surface area contributed by atoms with Gasteiger partial charge in [-0.25, -0.2) is 17.6 Å². The molecule has 29 heavy (non-hydrogen) atoms. The van der Waals surface area contributed by atoms with Crippen molar-refractivity contribution in [1.82, 2.24) is 9.21 Å². The molecule has 0 N–H and O–H groups in total. The summed E-state index contributed by atoms with van der Waals surface area (Å²) in [5.41, 5.74) is -0.245. The van der Waals surface area contributed by atoms with Crippen molar-refractivity contribution in [3.05, 3.63) is 66.0 Å². The molecule has 154 valence electrons. The van der Waals surface area contributed by atoms with Gasteiger partial charge in [0.15, 0.2) is 6.10 Å². The number of ether oxygens (including phenoxy) is 1. The van der Waals surface area contributed by atoms with Gasteiger partial charge in [0.1, 0.15) is 5.82 Å². The van der Waals surface area contributed by atoms with Crippen molar-refractivity contribution >= 4 is 21.9 Å². The quantitative estimate of drug-likeness (QED) is 0.690. The van der Waals surface area contributed by atoms with E-state index in [9.17, 15) is 22.4 Å². The first-order valence-electron chi connectivity index (χ1n) is 9.10. The van der Waals surface area contributed by atoms with Crippen LogP contribution in [-0.2, 0) is 19.6 Å². The number of piperazine rings is 1. The van der Waals surface area contributed by atoms with Crippen molar-refractivity contribution in [2.24, 2.45) is 0 Å². The number of esters is 1. The van der Waals surface area contributed by atoms with Gasteiger partial charge in [0, 0.05) is 26.2 Å². The van der Waals surface area contributed by atoms with Crippen molar-refractivity contribution in [1.29, 1.82) is 0 Å². The minimum atomic E-state index is -3.62. The van der Waals surface area contributed by atoms with Crippen LogP contribution in [0.5, 0.6) is 0 Å². The van der Waals surface area contributed by atoms with Gasteiger partial charge in [-0.3, -0.25) is 4.79 Å². The molecule has 3 rings (SSSR count). The smallest absolute Gasteiger partial charge is 0.341 e. The first-order valence-corrected chi connectivity index (χ1v) is 10.5. The third-order valence-corrected chi connectivity index (χ3v) is 6.57. The molecule has 1 saturated heterocycles. The second kappa shape index (κ2) is 8.71. The Hall–Kier alpha value is -2.78. The van der Waals surface area contributed by atoms with E-state index in [1.807, 2.05) is 0 Å². The first-order chi connectivity index (χ1) is 13.8. The zero-order chi connectivity index (χ0) is 21.0. The van der Waals surface area contributed by atoms with Gasteiger partial charge < -0.3 is 9.64 Å². The van der Waals surface area contributed by atoms with E-state index in [0.717, 1.165) is 6.07 Å². The Bertz CT molecular complexity index is 989. The summed E-state index contributed by atoms with van der Waals surface area (Å²) in [6.07, 6.45) is -1.11. The molecule has 0 saturated carbocycles. The average molecular weight is 420 g/mol. The fraction of sp³-hybridized carbons (Fsp3) is 0.300. The number of rotatable bonds is 5. The minimum Gasteiger partial charge on any atom is -0.449 e. The van der Waals surface area contributed by atoms with Gasteiger partial charge in [0.25, 0.3) is 5.91 Å². The number of carbonyl (C=O) groups excluding carboxylic acids is 2. The van der Waals surface area contributed by atoms with Crippen LogP contribution in [0.1, 0.15) is 17.3 Å². The van der Waals surface area contributed by atoms with E-state index in [-0.39, 0.29) is 36.6 Å². The number of amides is 1. The van der Waals surface area contributed by atoms with Crippen molar-refractivity contribution < 1.29 is 27.1 Å². The lowest BCUT2D eigenvalue weighted by atomic mass is 10.2. The van der Waals surface area contributed by atoms with Crippen molar-refractivity contribution in [3.8, 4) is 0 Å². The molecule has 1 heterocycles. The molecule has 0 aliphatic carbocycles. The van der Waals surface area contributed by atoms with Gasteiger partial charge in [-0.1, -0.05) is 30.3 Å². The SMILES string of the molecule is C[C@@H](OC(=O)c1ccccc1F)C(=O)N1CCN(S(=O)(=O)c2ccccc2)CC1. The fourth-order valence-corrected chi connectivity index (χ4v) is 4.49. The van der Waals surface area contributed by atoms with Crippen LogP contribution in [-0.4, -0.2) is 61.8 Å². The standard InChI is InChI=1S/C20H21FN2O5S/c1-15(28-20(25)17-9-5-6-10-18(17)21)19(24)22-11-13-23(14-12-22)29(26,27)16-7-3-2-4-8-16/h2-10,15H,11-14H2,1H3/t15-/m1/s1. The Labute approximate surface area is 168 Å². The first kappa shape index (κ1) is 20.9. The van der Waals surface area contributed by atoms with E-state index < -0.39 is 33.8 Å². The molecule has 9 heteroatoms. The summed E-state index contributed by atoms with van der Waals surface area (Å²) in [6.45, 7) is 2.03. The molecular formula is C20H21FN2O5S. The predicted molar refractivity (Wildman–Crippen MR) is 103 cm³/mol. The molecular weight excluding hydrogens is 399 g/mol. The summed E-state index contributed by atoms with van der Waals surface area (Å²) in [6, 6.07) is 13.4. The third kappa shape index (κ3) is 4.63. The molecule has 0 unspecified atom stereocenters. The third-order valence-electron chi connectivity index (χ3n) is 4.66. The molecule has 2 aromatic rings. The highest BCUT2D eigenvalue weighted by Gasteiger charge is 2.32. The van der Waals surface area contributed by atoms with E-state index in [1.165, 1.54) is 46.5 Å². The molecule has 0 radical (unpaired) electrons. The zero-order valence-electron chi connectivity index (χ0n) is 15.8. The second-order valence-corrected chi connectivity index (χ2v) is 8.51. The molecule has 0 bridgehead atoms. The molecule has 0 spiro atoms. The lowest BCUT2D eigenvalue weighted by molar-refractivity contribution is -0.141. The van der Waals surface area contributed by atoms with Gasteiger partial charge in [-0.15, -0.1) is 0 Å². The van der Waals surface area contributed by atoms with Crippen LogP contribution in [0.4, 0.5) is 4.39 Å². The Balaban J connectivity index is 1.58. The largest absolute Gasteiger partial charge is 0.449 e. The van der Waals surface area contributed by atoms with Gasteiger partial charge in [0.2, 0.25) is 10.0 Å². The summed E-state index contributed by atoms with van der Waals surface area (Å²) in [5, 5.41) is 0. The summed E-state index contributed by atoms with van der Waals surface area (Å²) in [4.78, 5) is 26.3. The number of nitrogens with zero attached hydrogens (tertiary/aromatic N) is 2. The highest BCUT2D eigenvalue weighted by atomic mass is 32.2. The number of sulfonamides is 1. The van der Waals surface area contributed by atoms with Crippen LogP contribution in [0.3, 0.4) is 0 Å². The van der Waals surface area contributed by atoms with Gasteiger partial charge in [-0.05, 0) is 31.2 Å². The number of hydrogen-bond donors (Lipinski definition) is 0. The van der Waals surface area contributed by atoms with Crippen LogP contribution in [0.25, 0.3) is 0 Å². The molecule has 1 amide bonds. The fourth-order valence-electron chi connectivity index (χ4n) is 3.05. The average Bonchev–Trinajstić information content (AvgIpc) is 2.74. The van der Waals surface area contributed by atoms with Crippen LogP contribution < -0.4 is 0 Å². The summed E-state index contributed by atoms with van der Waals surface area (Å²) in [5.74, 6) is -2.10. The minimum absolute atomic E-state index is 0.136. The highest BCUT2D eigenvalue weighted by molar-refractivity contribution is 7.89. The maximum Gasteiger partial charge on any atom is 0.341 e. The summed E-state index contributed by atoms with van der Waals surface area (Å²) >= 11 is 0. The number of halogens is 1. The van der Waals surface area contributed by atoms with E-state index in [4.69, 9.17) is 4.74 Å². The van der Waals surface area contributed by atoms with Crippen LogP contribution in [0, 0.1) is 5.82 Å². The number of hydrogen-bond acceptors (Lipinski definition) is 5. The predicted octanol–water partition coefficient (Wildman–Crippen LogP) is 1.90. The molecule has 7 nitrogen and oxygen atoms in total. The summed E-state index contributed by atoms with van der Waals surface area (Å²) in [7, 11) is -3.62. The zero-order valence-corrected chi connectivity index (χ0v) is 16.6. The van der Waals surface area contributed by atoms with Crippen LogP contribution in [0.15, 0.2) is 59.5 Å². The van der Waals surface area contributed by atoms with Crippen LogP contribution >= 0.6 is 0 Å². The van der Waals surface area contributed by atoms with Crippen molar-refractivity contribution in [2.45, 2.75) is 17.9 Å². The Morgan fingerprint density at radius 1 is 0.966 bits per heavy atom. The van der Waals surface area contributed by atoms with E-state index in [2.05, 4.69) is 0 Å². The van der Waals surface area contributed by atoms with E-state index in [1.54, 1.807) is 18.2 Å². The van der Waals surface area contributed by atoms with Crippen molar-refractivity contribution in [3.63, 3.8) is 0 Å². The highest BCUT2D eigenvalue weighted by Crippen LogP contribution is 2.18. The molecule has 1 aliphatic rings. The summed E-state index contributed by atoms with van der Waals surface area (Å²) < 4.78 is 45.4. The Kier molecular flexibility index (Phi) is 6.29. The molecule has 1 fully saturated rings. The maximum atomic E-state index is 13.7. The Morgan fingerprint density at radius 2 is 1.55 bits per heavy atom. The normalized spacial score (nSPS) is 16.3. The second-order valence-electron chi connectivity index (χ2n) is 6.57. The molecule has 0 aromatic heterocycles.